The molecule has 0 N–H and O–H groups in total. The normalized spacial score (nSPS) is 12.8. The fourth-order valence-corrected chi connectivity index (χ4v) is 1.70. The van der Waals surface area contributed by atoms with E-state index in [0.717, 1.165) is 11.4 Å². The highest BCUT2D eigenvalue weighted by atomic mass is 35.5. The third-order valence-corrected chi connectivity index (χ3v) is 2.81. The van der Waals surface area contributed by atoms with Gasteiger partial charge in [0.15, 0.2) is 6.29 Å². The van der Waals surface area contributed by atoms with E-state index < -0.39 is 0 Å². The molecule has 1 rings (SSSR count). The summed E-state index contributed by atoms with van der Waals surface area (Å²) >= 11 is 5.84. The summed E-state index contributed by atoms with van der Waals surface area (Å²) in [4.78, 5) is 0. The highest BCUT2D eigenvalue weighted by Gasteiger charge is 2.14. The van der Waals surface area contributed by atoms with E-state index in [1.54, 1.807) is 14.2 Å². The molecule has 1 aromatic carbocycles. The summed E-state index contributed by atoms with van der Waals surface area (Å²) in [5.74, 6) is 0.210. The van der Waals surface area contributed by atoms with E-state index >= 15 is 0 Å². The average Bonchev–Trinajstić information content (AvgIpc) is 2.32. The SMILES string of the molecule is C=C[C@@H](CC(OC)OC)c1ccc(Cl)cc1. The predicted octanol–water partition coefficient (Wildman–Crippen LogP) is 3.62. The Hall–Kier alpha value is -0.830. The molecule has 1 aromatic rings. The van der Waals surface area contributed by atoms with Crippen molar-refractivity contribution < 1.29 is 9.47 Å². The molecular weight excluding hydrogens is 224 g/mol. The van der Waals surface area contributed by atoms with Crippen LogP contribution < -0.4 is 0 Å². The maximum absolute atomic E-state index is 5.84. The van der Waals surface area contributed by atoms with Gasteiger partial charge in [0.2, 0.25) is 0 Å². The third kappa shape index (κ3) is 3.63. The van der Waals surface area contributed by atoms with Crippen LogP contribution in [0.2, 0.25) is 5.02 Å². The Kier molecular flexibility index (Phi) is 5.53. The van der Waals surface area contributed by atoms with Crippen LogP contribution in [-0.2, 0) is 9.47 Å². The zero-order valence-corrected chi connectivity index (χ0v) is 10.4. The molecule has 0 amide bonds. The number of halogens is 1. The topological polar surface area (TPSA) is 18.5 Å². The summed E-state index contributed by atoms with van der Waals surface area (Å²) in [6.07, 6.45) is 2.44. The van der Waals surface area contributed by atoms with Crippen LogP contribution in [0.25, 0.3) is 0 Å². The number of ether oxygens (including phenoxy) is 2. The maximum Gasteiger partial charge on any atom is 0.157 e. The minimum atomic E-state index is -0.210. The van der Waals surface area contributed by atoms with E-state index in [-0.39, 0.29) is 12.2 Å². The predicted molar refractivity (Wildman–Crippen MR) is 66.8 cm³/mol. The number of rotatable bonds is 6. The second-order valence-electron chi connectivity index (χ2n) is 3.53. The first-order valence-electron chi connectivity index (χ1n) is 5.15. The monoisotopic (exact) mass is 240 g/mol. The number of hydrogen-bond donors (Lipinski definition) is 0. The third-order valence-electron chi connectivity index (χ3n) is 2.55. The minimum Gasteiger partial charge on any atom is -0.356 e. The lowest BCUT2D eigenvalue weighted by molar-refractivity contribution is -0.107. The highest BCUT2D eigenvalue weighted by molar-refractivity contribution is 6.30. The number of hydrogen-bond acceptors (Lipinski definition) is 2. The van der Waals surface area contributed by atoms with Crippen LogP contribution in [0.5, 0.6) is 0 Å². The largest absolute Gasteiger partial charge is 0.356 e. The van der Waals surface area contributed by atoms with Crippen molar-refractivity contribution in [2.24, 2.45) is 0 Å². The quantitative estimate of drug-likeness (QED) is 0.559. The van der Waals surface area contributed by atoms with Gasteiger partial charge in [-0.2, -0.15) is 0 Å². The summed E-state index contributed by atoms with van der Waals surface area (Å²) in [6.45, 7) is 3.84. The Morgan fingerprint density at radius 3 is 2.25 bits per heavy atom. The Labute approximate surface area is 102 Å². The lowest BCUT2D eigenvalue weighted by Crippen LogP contribution is -2.16. The smallest absolute Gasteiger partial charge is 0.157 e. The van der Waals surface area contributed by atoms with Gasteiger partial charge < -0.3 is 9.47 Å². The van der Waals surface area contributed by atoms with Crippen LogP contribution in [0.15, 0.2) is 36.9 Å². The molecule has 0 radical (unpaired) electrons. The molecule has 0 spiro atoms. The Balaban J connectivity index is 2.74. The van der Waals surface area contributed by atoms with E-state index in [1.165, 1.54) is 5.56 Å². The van der Waals surface area contributed by atoms with Crippen molar-refractivity contribution in [2.75, 3.05) is 14.2 Å². The molecule has 0 saturated heterocycles. The van der Waals surface area contributed by atoms with Gasteiger partial charge in [-0.3, -0.25) is 0 Å². The maximum atomic E-state index is 5.84. The van der Waals surface area contributed by atoms with Crippen molar-refractivity contribution in [2.45, 2.75) is 18.6 Å². The molecular formula is C13H17ClO2. The van der Waals surface area contributed by atoms with Gasteiger partial charge in [0.25, 0.3) is 0 Å². The van der Waals surface area contributed by atoms with E-state index in [9.17, 15) is 0 Å². The van der Waals surface area contributed by atoms with E-state index in [4.69, 9.17) is 21.1 Å². The molecule has 0 fully saturated rings. The van der Waals surface area contributed by atoms with Crippen LogP contribution in [0.4, 0.5) is 0 Å². The summed E-state index contributed by atoms with van der Waals surface area (Å²) in [7, 11) is 3.27. The van der Waals surface area contributed by atoms with Gasteiger partial charge in [-0.1, -0.05) is 29.8 Å². The molecule has 0 unspecified atom stereocenters. The molecule has 16 heavy (non-hydrogen) atoms. The van der Waals surface area contributed by atoms with Crippen molar-refractivity contribution in [3.05, 3.63) is 47.5 Å². The zero-order chi connectivity index (χ0) is 12.0. The summed E-state index contributed by atoms with van der Waals surface area (Å²) in [5, 5.41) is 0.738. The molecule has 0 aliphatic rings. The standard InChI is InChI=1S/C13H17ClO2/c1-4-10(9-13(15-2)16-3)11-5-7-12(14)8-6-11/h4-8,10,13H,1,9H2,2-3H3/t10-/m0/s1. The second-order valence-corrected chi connectivity index (χ2v) is 3.97. The number of benzene rings is 1. The van der Waals surface area contributed by atoms with Crippen molar-refractivity contribution in [1.29, 1.82) is 0 Å². The molecule has 0 heterocycles. The molecule has 2 nitrogen and oxygen atoms in total. The van der Waals surface area contributed by atoms with E-state index in [2.05, 4.69) is 6.58 Å². The van der Waals surface area contributed by atoms with Gasteiger partial charge in [0.05, 0.1) is 0 Å². The molecule has 0 aromatic heterocycles. The first-order chi connectivity index (χ1) is 7.71. The summed E-state index contributed by atoms with van der Waals surface area (Å²) < 4.78 is 10.4. The Bertz CT molecular complexity index is 317. The van der Waals surface area contributed by atoms with Crippen LogP contribution >= 0.6 is 11.6 Å². The first-order valence-corrected chi connectivity index (χ1v) is 5.52. The summed E-state index contributed by atoms with van der Waals surface area (Å²) in [5.41, 5.74) is 1.17. The van der Waals surface area contributed by atoms with Crippen molar-refractivity contribution >= 4 is 11.6 Å². The molecule has 3 heteroatoms. The van der Waals surface area contributed by atoms with Crippen LogP contribution in [-0.4, -0.2) is 20.5 Å². The number of methoxy groups -OCH3 is 2. The molecule has 0 saturated carbocycles. The molecule has 0 aliphatic carbocycles. The van der Waals surface area contributed by atoms with Gasteiger partial charge in [0, 0.05) is 31.6 Å². The van der Waals surface area contributed by atoms with E-state index in [1.807, 2.05) is 30.3 Å². The number of allylic oxidation sites excluding steroid dienone is 1. The van der Waals surface area contributed by atoms with E-state index in [0.29, 0.717) is 0 Å². The van der Waals surface area contributed by atoms with Crippen LogP contribution in [0, 0.1) is 0 Å². The fourth-order valence-electron chi connectivity index (χ4n) is 1.57. The van der Waals surface area contributed by atoms with Crippen LogP contribution in [0.1, 0.15) is 17.9 Å². The van der Waals surface area contributed by atoms with Crippen molar-refractivity contribution in [3.63, 3.8) is 0 Å². The lowest BCUT2D eigenvalue weighted by atomic mass is 9.96. The van der Waals surface area contributed by atoms with Crippen molar-refractivity contribution in [3.8, 4) is 0 Å². The van der Waals surface area contributed by atoms with Gasteiger partial charge in [-0.05, 0) is 17.7 Å². The van der Waals surface area contributed by atoms with Gasteiger partial charge in [-0.15, -0.1) is 6.58 Å². The van der Waals surface area contributed by atoms with Crippen LogP contribution in [0.3, 0.4) is 0 Å². The Morgan fingerprint density at radius 1 is 1.25 bits per heavy atom. The van der Waals surface area contributed by atoms with Gasteiger partial charge >= 0.3 is 0 Å². The zero-order valence-electron chi connectivity index (χ0n) is 9.65. The first kappa shape index (κ1) is 13.2. The average molecular weight is 241 g/mol. The highest BCUT2D eigenvalue weighted by Crippen LogP contribution is 2.24. The van der Waals surface area contributed by atoms with Crippen molar-refractivity contribution in [1.82, 2.24) is 0 Å². The molecule has 88 valence electrons. The van der Waals surface area contributed by atoms with Gasteiger partial charge in [0.1, 0.15) is 0 Å². The fraction of sp³-hybridized carbons (Fsp3) is 0.385. The lowest BCUT2D eigenvalue weighted by Gasteiger charge is -2.19. The second kappa shape index (κ2) is 6.69. The molecule has 0 aliphatic heterocycles. The molecule has 0 bridgehead atoms. The molecule has 1 atom stereocenters. The van der Waals surface area contributed by atoms with Gasteiger partial charge in [-0.25, -0.2) is 0 Å². The minimum absolute atomic E-state index is 0.210. The summed E-state index contributed by atoms with van der Waals surface area (Å²) in [6, 6.07) is 7.75. The Morgan fingerprint density at radius 2 is 1.81 bits per heavy atom.